The zero-order valence-electron chi connectivity index (χ0n) is 3.36. The van der Waals surface area contributed by atoms with E-state index in [-0.39, 0.29) is 101 Å². The normalized spacial score (nSPS) is 0. The van der Waals surface area contributed by atoms with E-state index in [1.54, 1.807) is 0 Å². The third kappa shape index (κ3) is 80.3. The summed E-state index contributed by atoms with van der Waals surface area (Å²) < 4.78 is 0. The van der Waals surface area contributed by atoms with E-state index >= 15 is 0 Å². The van der Waals surface area contributed by atoms with Crippen molar-refractivity contribution in [2.45, 2.75) is 0 Å². The second kappa shape index (κ2) is 116. The smallest absolute Gasteiger partial charge is 0 e. The fraction of sp³-hybridized carbons (Fsp3) is 0. The van der Waals surface area contributed by atoms with Gasteiger partial charge in [0.15, 0.2) is 0 Å². The topological polar surface area (TPSA) is 31.5 Å². The maximum Gasteiger partial charge on any atom is 0 e. The van der Waals surface area contributed by atoms with Gasteiger partial charge in [0.25, 0.3) is 0 Å². The van der Waals surface area contributed by atoms with Crippen molar-refractivity contribution in [3.63, 3.8) is 0 Å². The third-order valence-electron chi connectivity index (χ3n) is 0. The molecule has 0 atom stereocenters. The first-order valence-electron chi connectivity index (χ1n) is 0. The van der Waals surface area contributed by atoms with Crippen molar-refractivity contribution < 1.29 is 26.5 Å². The van der Waals surface area contributed by atoms with Gasteiger partial charge >= 0.3 is 0 Å². The first-order chi connectivity index (χ1) is 0. The molecule has 0 saturated heterocycles. The molecule has 0 aliphatic carbocycles. The fourth-order valence-electron chi connectivity index (χ4n) is 0. The van der Waals surface area contributed by atoms with Crippen molar-refractivity contribution in [3.05, 3.63) is 0 Å². The Kier molecular flexibility index (Phi) is 2320. The molecule has 0 aliphatic rings. The van der Waals surface area contributed by atoms with Crippen molar-refractivity contribution in [1.29, 1.82) is 0 Å². The number of hydrogen-bond acceptors (Lipinski definition) is 0. The van der Waals surface area contributed by atoms with Gasteiger partial charge in [0.05, 0.1) is 0 Å². The molecule has 0 aromatic carbocycles. The van der Waals surface area contributed by atoms with Gasteiger partial charge < -0.3 is 5.48 Å². The van der Waals surface area contributed by atoms with Crippen molar-refractivity contribution in [2.24, 2.45) is 0 Å². The molecule has 8 heteroatoms. The van der Waals surface area contributed by atoms with Crippen LogP contribution in [0.5, 0.6) is 0 Å². The Morgan fingerprint density at radius 1 is 0.375 bits per heavy atom. The number of hydrogen-bond donors (Lipinski definition) is 0. The Balaban J connectivity index is 0. The maximum atomic E-state index is 0. The van der Waals surface area contributed by atoms with Crippen molar-refractivity contribution >= 4 is 74.4 Å². The molecular formula is H8Cl6OW. The molecule has 8 heavy (non-hydrogen) atoms. The van der Waals surface area contributed by atoms with Gasteiger partial charge in [-0.25, -0.2) is 0 Å². The van der Waals surface area contributed by atoms with Gasteiger partial charge in [0.1, 0.15) is 0 Å². The largest absolute Gasteiger partial charge is 0.412 e. The molecule has 0 radical (unpaired) electrons. The molecule has 0 saturated carbocycles. The first-order valence-corrected chi connectivity index (χ1v) is 0. The third-order valence-corrected chi connectivity index (χ3v) is 0. The Labute approximate surface area is 100 Å². The van der Waals surface area contributed by atoms with Crippen LogP contribution in [0.15, 0.2) is 0 Å². The van der Waals surface area contributed by atoms with Gasteiger partial charge in [-0.2, -0.15) is 0 Å². The van der Waals surface area contributed by atoms with Gasteiger partial charge in [0, 0.05) is 21.1 Å². The standard InChI is InChI=1S/6ClH.H2O.W/h6*1H;1H2;. The Morgan fingerprint density at radius 2 is 0.375 bits per heavy atom. The van der Waals surface area contributed by atoms with E-state index in [1.165, 1.54) is 0 Å². The van der Waals surface area contributed by atoms with E-state index in [2.05, 4.69) is 0 Å². The molecule has 0 heterocycles. The molecule has 0 spiro atoms. The van der Waals surface area contributed by atoms with Gasteiger partial charge in [-0.3, -0.25) is 0 Å². The summed E-state index contributed by atoms with van der Waals surface area (Å²) in [5.41, 5.74) is 0. The predicted molar refractivity (Wildman–Crippen MR) is 47.1 cm³/mol. The Hall–Kier alpha value is 2.39. The van der Waals surface area contributed by atoms with E-state index in [0.29, 0.717) is 0 Å². The predicted octanol–water partition coefficient (Wildman–Crippen LogP) is 1.70. The summed E-state index contributed by atoms with van der Waals surface area (Å²) in [6, 6.07) is 0. The summed E-state index contributed by atoms with van der Waals surface area (Å²) in [5.74, 6) is 0. The molecule has 0 aliphatic heterocycles. The minimum atomic E-state index is 0. The minimum Gasteiger partial charge on any atom is -0.412 e. The monoisotopic (exact) mass is 418 g/mol. The van der Waals surface area contributed by atoms with Gasteiger partial charge in [-0.1, -0.05) is 0 Å². The van der Waals surface area contributed by atoms with Crippen LogP contribution in [0.3, 0.4) is 0 Å². The van der Waals surface area contributed by atoms with E-state index in [9.17, 15) is 0 Å². The van der Waals surface area contributed by atoms with Gasteiger partial charge in [-0.15, -0.1) is 74.4 Å². The van der Waals surface area contributed by atoms with Crippen LogP contribution in [0.1, 0.15) is 0 Å². The van der Waals surface area contributed by atoms with Crippen LogP contribution < -0.4 is 0 Å². The molecule has 1 nitrogen and oxygen atoms in total. The molecule has 0 aromatic heterocycles. The molecule has 2 N–H and O–H groups in total. The summed E-state index contributed by atoms with van der Waals surface area (Å²) in [6.07, 6.45) is 0. The summed E-state index contributed by atoms with van der Waals surface area (Å²) in [7, 11) is 0. The Bertz CT molecular complexity index is 8.49. The molecule has 0 amide bonds. The zero-order valence-corrected chi connectivity index (χ0v) is 11.2. The SMILES string of the molecule is Cl.Cl.Cl.Cl.Cl.Cl.O.[W]. The summed E-state index contributed by atoms with van der Waals surface area (Å²) in [6.45, 7) is 0. The second-order valence-corrected chi connectivity index (χ2v) is 0. The van der Waals surface area contributed by atoms with E-state index in [4.69, 9.17) is 0 Å². The molecular weight excluding hydrogens is 413 g/mol. The van der Waals surface area contributed by atoms with Crippen LogP contribution in [0.2, 0.25) is 0 Å². The number of halogens is 6. The molecule has 0 fully saturated rings. The molecule has 0 rings (SSSR count). The summed E-state index contributed by atoms with van der Waals surface area (Å²) >= 11 is 0. The molecule has 62 valence electrons. The van der Waals surface area contributed by atoms with Crippen molar-refractivity contribution in [3.8, 4) is 0 Å². The van der Waals surface area contributed by atoms with Crippen molar-refractivity contribution in [1.82, 2.24) is 0 Å². The molecule has 0 bridgehead atoms. The minimum absolute atomic E-state index is 0. The summed E-state index contributed by atoms with van der Waals surface area (Å²) in [4.78, 5) is 0. The van der Waals surface area contributed by atoms with E-state index < -0.39 is 0 Å². The fourth-order valence-corrected chi connectivity index (χ4v) is 0. The van der Waals surface area contributed by atoms with E-state index in [1.807, 2.05) is 0 Å². The van der Waals surface area contributed by atoms with Crippen LogP contribution in [-0.4, -0.2) is 5.48 Å². The first kappa shape index (κ1) is 161. The van der Waals surface area contributed by atoms with Crippen LogP contribution in [0, 0.1) is 0 Å². The second-order valence-electron chi connectivity index (χ2n) is 0. The van der Waals surface area contributed by atoms with E-state index in [0.717, 1.165) is 0 Å². The average Bonchev–Trinajstić information content (AvgIpc) is 0. The number of rotatable bonds is 0. The van der Waals surface area contributed by atoms with Crippen LogP contribution in [0.25, 0.3) is 0 Å². The van der Waals surface area contributed by atoms with Gasteiger partial charge in [0.2, 0.25) is 0 Å². The van der Waals surface area contributed by atoms with Crippen LogP contribution >= 0.6 is 74.4 Å². The Morgan fingerprint density at radius 3 is 0.375 bits per heavy atom. The quantitative estimate of drug-likeness (QED) is 0.571. The zero-order chi connectivity index (χ0) is 0. The molecule has 0 aromatic rings. The summed E-state index contributed by atoms with van der Waals surface area (Å²) in [5, 5.41) is 0. The molecule has 0 unspecified atom stereocenters. The van der Waals surface area contributed by atoms with Crippen LogP contribution in [0.4, 0.5) is 0 Å². The van der Waals surface area contributed by atoms with Crippen LogP contribution in [-0.2, 0) is 21.1 Å². The van der Waals surface area contributed by atoms with Crippen molar-refractivity contribution in [2.75, 3.05) is 0 Å². The van der Waals surface area contributed by atoms with Gasteiger partial charge in [-0.05, 0) is 0 Å². The average molecular weight is 421 g/mol. The maximum absolute atomic E-state index is 0.